The van der Waals surface area contributed by atoms with Gasteiger partial charge in [0.25, 0.3) is 11.7 Å². The summed E-state index contributed by atoms with van der Waals surface area (Å²) in [5, 5.41) is 11.2. The van der Waals surface area contributed by atoms with Gasteiger partial charge in [0.2, 0.25) is 0 Å². The van der Waals surface area contributed by atoms with Crippen LogP contribution in [0.1, 0.15) is 28.3 Å². The van der Waals surface area contributed by atoms with Gasteiger partial charge in [0.1, 0.15) is 17.3 Å². The van der Waals surface area contributed by atoms with E-state index in [1.165, 1.54) is 24.1 Å². The van der Waals surface area contributed by atoms with Crippen molar-refractivity contribution in [3.8, 4) is 5.75 Å². The predicted molar refractivity (Wildman–Crippen MR) is 116 cm³/mol. The summed E-state index contributed by atoms with van der Waals surface area (Å²) in [5.41, 5.74) is 2.27. The Kier molecular flexibility index (Phi) is 5.73. The molecule has 1 amide bonds. The number of halogens is 1. The fourth-order valence-corrected chi connectivity index (χ4v) is 3.93. The Morgan fingerprint density at radius 1 is 1.12 bits per heavy atom. The highest BCUT2D eigenvalue weighted by Crippen LogP contribution is 2.41. The first kappa shape index (κ1) is 21.2. The number of carbonyl (C=O) groups excluding carboxylic acids is 2. The second-order valence-corrected chi connectivity index (χ2v) is 7.54. The summed E-state index contributed by atoms with van der Waals surface area (Å²) in [6.07, 6.45) is 3.20. The number of aryl methyl sites for hydroxylation is 1. The number of pyridine rings is 1. The van der Waals surface area contributed by atoms with Gasteiger partial charge < -0.3 is 14.7 Å². The molecule has 2 aromatic carbocycles. The van der Waals surface area contributed by atoms with E-state index in [-0.39, 0.29) is 23.4 Å². The number of hydrogen-bond acceptors (Lipinski definition) is 5. The van der Waals surface area contributed by atoms with Crippen LogP contribution in [-0.4, -0.2) is 33.8 Å². The number of rotatable bonds is 5. The molecule has 2 heterocycles. The molecule has 1 aliphatic rings. The number of likely N-dealkylation sites (tertiary alicyclic amines) is 1. The van der Waals surface area contributed by atoms with Gasteiger partial charge in [0, 0.05) is 18.9 Å². The third-order valence-electron chi connectivity index (χ3n) is 5.42. The van der Waals surface area contributed by atoms with E-state index in [0.717, 1.165) is 17.2 Å². The van der Waals surface area contributed by atoms with Crippen LogP contribution < -0.4 is 4.74 Å². The third kappa shape index (κ3) is 3.85. The second kappa shape index (κ2) is 8.63. The van der Waals surface area contributed by atoms with Gasteiger partial charge in [-0.1, -0.05) is 29.8 Å². The summed E-state index contributed by atoms with van der Waals surface area (Å²) in [6, 6.07) is 13.6. The molecule has 1 aliphatic heterocycles. The first-order valence-electron chi connectivity index (χ1n) is 9.98. The molecule has 7 heteroatoms. The van der Waals surface area contributed by atoms with Gasteiger partial charge in [-0.05, 0) is 48.4 Å². The molecule has 0 spiro atoms. The summed E-state index contributed by atoms with van der Waals surface area (Å²) in [4.78, 5) is 31.6. The maximum atomic E-state index is 14.0. The summed E-state index contributed by atoms with van der Waals surface area (Å²) in [7, 11) is 1.38. The average molecular weight is 432 g/mol. The molecule has 1 atom stereocenters. The van der Waals surface area contributed by atoms with Crippen LogP contribution in [0, 0.1) is 12.7 Å². The van der Waals surface area contributed by atoms with Crippen LogP contribution in [-0.2, 0) is 16.1 Å². The number of amides is 1. The van der Waals surface area contributed by atoms with Crippen molar-refractivity contribution in [2.75, 3.05) is 7.11 Å². The Morgan fingerprint density at radius 2 is 1.88 bits per heavy atom. The van der Waals surface area contributed by atoms with E-state index in [0.29, 0.717) is 5.56 Å². The van der Waals surface area contributed by atoms with Gasteiger partial charge in [0.15, 0.2) is 0 Å². The van der Waals surface area contributed by atoms with E-state index in [1.54, 1.807) is 30.6 Å². The molecule has 1 fully saturated rings. The molecule has 1 N–H and O–H groups in total. The van der Waals surface area contributed by atoms with Crippen molar-refractivity contribution in [3.05, 3.63) is 101 Å². The summed E-state index contributed by atoms with van der Waals surface area (Å²) >= 11 is 0. The molecule has 0 aliphatic carbocycles. The van der Waals surface area contributed by atoms with Gasteiger partial charge in [-0.25, -0.2) is 4.39 Å². The molecule has 32 heavy (non-hydrogen) atoms. The van der Waals surface area contributed by atoms with Crippen molar-refractivity contribution >= 4 is 17.4 Å². The van der Waals surface area contributed by atoms with Crippen molar-refractivity contribution in [2.45, 2.75) is 19.5 Å². The molecule has 6 nitrogen and oxygen atoms in total. The van der Waals surface area contributed by atoms with Gasteiger partial charge in [-0.3, -0.25) is 14.6 Å². The molecular weight excluding hydrogens is 411 g/mol. The monoisotopic (exact) mass is 432 g/mol. The SMILES string of the molecule is COc1ccc(F)cc1/C(O)=C1\C(=O)C(=O)N(Cc2ccncc2)C1c1cccc(C)c1. The number of methoxy groups -OCH3 is 1. The summed E-state index contributed by atoms with van der Waals surface area (Å²) in [6.45, 7) is 2.04. The molecule has 0 saturated carbocycles. The van der Waals surface area contributed by atoms with E-state index >= 15 is 0 Å². The fourth-order valence-electron chi connectivity index (χ4n) is 3.93. The van der Waals surface area contributed by atoms with Crippen molar-refractivity contribution in [1.82, 2.24) is 9.88 Å². The van der Waals surface area contributed by atoms with E-state index in [4.69, 9.17) is 4.74 Å². The van der Waals surface area contributed by atoms with Gasteiger partial charge in [-0.2, -0.15) is 0 Å². The van der Waals surface area contributed by atoms with Crippen LogP contribution in [0.25, 0.3) is 5.76 Å². The number of ketones is 1. The lowest BCUT2D eigenvalue weighted by Crippen LogP contribution is -2.29. The van der Waals surface area contributed by atoms with Gasteiger partial charge in [-0.15, -0.1) is 0 Å². The number of aliphatic hydroxyl groups is 1. The molecule has 1 unspecified atom stereocenters. The van der Waals surface area contributed by atoms with Crippen LogP contribution >= 0.6 is 0 Å². The number of ether oxygens (including phenoxy) is 1. The van der Waals surface area contributed by atoms with E-state index in [1.807, 2.05) is 25.1 Å². The quantitative estimate of drug-likeness (QED) is 0.372. The van der Waals surface area contributed by atoms with Crippen LogP contribution in [0.15, 0.2) is 72.6 Å². The molecule has 0 radical (unpaired) electrons. The number of carbonyl (C=O) groups is 2. The van der Waals surface area contributed by atoms with E-state index < -0.39 is 29.3 Å². The zero-order chi connectivity index (χ0) is 22.8. The average Bonchev–Trinajstić information content (AvgIpc) is 3.04. The van der Waals surface area contributed by atoms with Crippen molar-refractivity contribution in [2.24, 2.45) is 0 Å². The minimum absolute atomic E-state index is 0.00654. The van der Waals surface area contributed by atoms with E-state index in [9.17, 15) is 19.1 Å². The predicted octanol–water partition coefficient (Wildman–Crippen LogP) is 4.16. The first-order chi connectivity index (χ1) is 15.4. The van der Waals surface area contributed by atoms with E-state index in [2.05, 4.69) is 4.98 Å². The van der Waals surface area contributed by atoms with Crippen LogP contribution in [0.4, 0.5) is 4.39 Å². The standard InChI is InChI=1S/C25H21FN2O4/c1-15-4-3-5-17(12-15)22-21(23(29)19-13-18(26)6-7-20(19)32-2)24(30)25(31)28(22)14-16-8-10-27-11-9-16/h3-13,22,29H,14H2,1-2H3/b23-21+. The zero-order valence-electron chi connectivity index (χ0n) is 17.6. The molecule has 162 valence electrons. The number of hydrogen-bond donors (Lipinski definition) is 1. The minimum atomic E-state index is -0.851. The number of benzene rings is 2. The van der Waals surface area contributed by atoms with Gasteiger partial charge in [0.05, 0.1) is 24.3 Å². The second-order valence-electron chi connectivity index (χ2n) is 7.54. The molecule has 4 rings (SSSR count). The number of nitrogens with zero attached hydrogens (tertiary/aromatic N) is 2. The Morgan fingerprint density at radius 3 is 2.56 bits per heavy atom. The molecular formula is C25H21FN2O4. The number of aliphatic hydroxyl groups excluding tert-OH is 1. The van der Waals surface area contributed by atoms with Crippen LogP contribution in [0.2, 0.25) is 0 Å². The largest absolute Gasteiger partial charge is 0.507 e. The lowest BCUT2D eigenvalue weighted by atomic mass is 9.94. The van der Waals surface area contributed by atoms with Crippen LogP contribution in [0.3, 0.4) is 0 Å². The van der Waals surface area contributed by atoms with Crippen molar-refractivity contribution < 1.29 is 23.8 Å². The lowest BCUT2D eigenvalue weighted by molar-refractivity contribution is -0.140. The summed E-state index contributed by atoms with van der Waals surface area (Å²) < 4.78 is 19.2. The highest BCUT2D eigenvalue weighted by atomic mass is 19.1. The number of aromatic nitrogens is 1. The van der Waals surface area contributed by atoms with Crippen LogP contribution in [0.5, 0.6) is 5.75 Å². The maximum Gasteiger partial charge on any atom is 0.295 e. The smallest absolute Gasteiger partial charge is 0.295 e. The van der Waals surface area contributed by atoms with Crippen molar-refractivity contribution in [1.29, 1.82) is 0 Å². The molecule has 1 aromatic heterocycles. The summed E-state index contributed by atoms with van der Waals surface area (Å²) in [5.74, 6) is -2.49. The normalized spacial score (nSPS) is 17.6. The zero-order valence-corrected chi connectivity index (χ0v) is 17.6. The van der Waals surface area contributed by atoms with Gasteiger partial charge >= 0.3 is 0 Å². The Labute approximate surface area is 184 Å². The molecule has 0 bridgehead atoms. The van der Waals surface area contributed by atoms with Crippen molar-refractivity contribution in [3.63, 3.8) is 0 Å². The lowest BCUT2D eigenvalue weighted by Gasteiger charge is -2.25. The topological polar surface area (TPSA) is 79.7 Å². The molecule has 1 saturated heterocycles. The third-order valence-corrected chi connectivity index (χ3v) is 5.42. The molecule has 3 aromatic rings. The minimum Gasteiger partial charge on any atom is -0.507 e. The first-order valence-corrected chi connectivity index (χ1v) is 9.98. The highest BCUT2D eigenvalue weighted by molar-refractivity contribution is 6.46. The Hall–Kier alpha value is -4.00. The fraction of sp³-hybridized carbons (Fsp3) is 0.160. The Bertz CT molecular complexity index is 1220. The Balaban J connectivity index is 1.92. The highest BCUT2D eigenvalue weighted by Gasteiger charge is 2.46. The number of Topliss-reactive ketones (excluding diaryl/α,β-unsaturated/α-hetero) is 1. The maximum absolute atomic E-state index is 14.0.